The fourth-order valence-electron chi connectivity index (χ4n) is 2.56. The highest BCUT2D eigenvalue weighted by Gasteiger charge is 2.07. The van der Waals surface area contributed by atoms with Gasteiger partial charge >= 0.3 is 0 Å². The molecular formula is C19H27N3OS. The SMILES string of the molecule is CN=C(NCCc1cc(C)ccc1OC)NCC(C)c1ccsc1. The predicted octanol–water partition coefficient (Wildman–Crippen LogP) is 3.58. The quantitative estimate of drug-likeness (QED) is 0.596. The maximum atomic E-state index is 5.43. The fraction of sp³-hybridized carbons (Fsp3) is 0.421. The zero-order valence-electron chi connectivity index (χ0n) is 14.9. The average Bonchev–Trinajstić information content (AvgIpc) is 3.12. The molecule has 1 atom stereocenters. The summed E-state index contributed by atoms with van der Waals surface area (Å²) >= 11 is 1.74. The molecule has 0 bridgehead atoms. The van der Waals surface area contributed by atoms with Crippen molar-refractivity contribution in [1.82, 2.24) is 10.6 Å². The molecular weight excluding hydrogens is 318 g/mol. The maximum absolute atomic E-state index is 5.43. The molecule has 130 valence electrons. The lowest BCUT2D eigenvalue weighted by Crippen LogP contribution is -2.39. The minimum atomic E-state index is 0.465. The summed E-state index contributed by atoms with van der Waals surface area (Å²) in [6.45, 7) is 6.00. The van der Waals surface area contributed by atoms with Crippen LogP contribution in [-0.2, 0) is 6.42 Å². The van der Waals surface area contributed by atoms with Crippen molar-refractivity contribution in [3.8, 4) is 5.75 Å². The highest BCUT2D eigenvalue weighted by atomic mass is 32.1. The van der Waals surface area contributed by atoms with Gasteiger partial charge in [0.05, 0.1) is 7.11 Å². The van der Waals surface area contributed by atoms with Crippen LogP contribution in [0.5, 0.6) is 5.75 Å². The van der Waals surface area contributed by atoms with Crippen molar-refractivity contribution in [1.29, 1.82) is 0 Å². The van der Waals surface area contributed by atoms with Crippen molar-refractivity contribution < 1.29 is 4.74 Å². The summed E-state index contributed by atoms with van der Waals surface area (Å²) in [5.41, 5.74) is 3.83. The summed E-state index contributed by atoms with van der Waals surface area (Å²) in [7, 11) is 3.52. The van der Waals surface area contributed by atoms with E-state index in [1.54, 1.807) is 25.5 Å². The lowest BCUT2D eigenvalue weighted by Gasteiger charge is -2.16. The van der Waals surface area contributed by atoms with E-state index in [1.165, 1.54) is 16.7 Å². The molecule has 0 aliphatic heterocycles. The van der Waals surface area contributed by atoms with Crippen molar-refractivity contribution >= 4 is 17.3 Å². The molecule has 0 radical (unpaired) electrons. The summed E-state index contributed by atoms with van der Waals surface area (Å²) in [6, 6.07) is 8.45. The third-order valence-electron chi connectivity index (χ3n) is 4.03. The summed E-state index contributed by atoms with van der Waals surface area (Å²) in [5, 5.41) is 11.1. The summed E-state index contributed by atoms with van der Waals surface area (Å²) in [4.78, 5) is 4.30. The number of hydrogen-bond donors (Lipinski definition) is 2. The number of thiophene rings is 1. The van der Waals surface area contributed by atoms with E-state index in [-0.39, 0.29) is 0 Å². The molecule has 2 aromatic rings. The Balaban J connectivity index is 1.81. The van der Waals surface area contributed by atoms with Gasteiger partial charge < -0.3 is 15.4 Å². The van der Waals surface area contributed by atoms with Crippen molar-refractivity contribution in [2.24, 2.45) is 4.99 Å². The third-order valence-corrected chi connectivity index (χ3v) is 4.74. The zero-order valence-corrected chi connectivity index (χ0v) is 15.7. The highest BCUT2D eigenvalue weighted by Crippen LogP contribution is 2.20. The lowest BCUT2D eigenvalue weighted by molar-refractivity contribution is 0.409. The van der Waals surface area contributed by atoms with E-state index in [9.17, 15) is 0 Å². The first-order chi connectivity index (χ1) is 11.6. The first kappa shape index (κ1) is 18.3. The van der Waals surface area contributed by atoms with Crippen molar-refractivity contribution in [2.75, 3.05) is 27.2 Å². The molecule has 1 aromatic carbocycles. The number of rotatable bonds is 7. The number of aryl methyl sites for hydroxylation is 1. The van der Waals surface area contributed by atoms with E-state index < -0.39 is 0 Å². The number of ether oxygens (including phenoxy) is 1. The Morgan fingerprint density at radius 2 is 2.12 bits per heavy atom. The Kier molecular flexibility index (Phi) is 7.12. The van der Waals surface area contributed by atoms with Gasteiger partial charge in [0.25, 0.3) is 0 Å². The van der Waals surface area contributed by atoms with Crippen LogP contribution in [-0.4, -0.2) is 33.2 Å². The molecule has 0 saturated carbocycles. The van der Waals surface area contributed by atoms with E-state index in [2.05, 4.69) is 58.4 Å². The van der Waals surface area contributed by atoms with Crippen LogP contribution >= 0.6 is 11.3 Å². The van der Waals surface area contributed by atoms with E-state index >= 15 is 0 Å². The first-order valence-corrected chi connectivity index (χ1v) is 9.18. The number of nitrogens with one attached hydrogen (secondary N) is 2. The second kappa shape index (κ2) is 9.33. The standard InChI is InChI=1S/C19H27N3OS/c1-14-5-6-18(23-4)16(11-14)7-9-21-19(20-3)22-12-15(2)17-8-10-24-13-17/h5-6,8,10-11,13,15H,7,9,12H2,1-4H3,(H2,20,21,22). The van der Waals surface area contributed by atoms with Gasteiger partial charge in [0.2, 0.25) is 0 Å². The van der Waals surface area contributed by atoms with E-state index in [1.807, 2.05) is 6.07 Å². The number of hydrogen-bond acceptors (Lipinski definition) is 3. The van der Waals surface area contributed by atoms with Crippen LogP contribution in [0.4, 0.5) is 0 Å². The molecule has 4 nitrogen and oxygen atoms in total. The molecule has 0 saturated heterocycles. The Morgan fingerprint density at radius 3 is 2.79 bits per heavy atom. The minimum Gasteiger partial charge on any atom is -0.496 e. The average molecular weight is 346 g/mol. The molecule has 1 unspecified atom stereocenters. The minimum absolute atomic E-state index is 0.465. The number of aliphatic imine (C=N–C) groups is 1. The molecule has 0 fully saturated rings. The van der Waals surface area contributed by atoms with Crippen LogP contribution in [0.2, 0.25) is 0 Å². The van der Waals surface area contributed by atoms with Crippen LogP contribution < -0.4 is 15.4 Å². The molecule has 2 N–H and O–H groups in total. The van der Waals surface area contributed by atoms with E-state index in [4.69, 9.17) is 4.74 Å². The Labute approximate surface area is 149 Å². The van der Waals surface area contributed by atoms with Crippen molar-refractivity contribution in [3.63, 3.8) is 0 Å². The molecule has 5 heteroatoms. The van der Waals surface area contributed by atoms with Gasteiger partial charge in [0.15, 0.2) is 5.96 Å². The summed E-state index contributed by atoms with van der Waals surface area (Å²) in [5.74, 6) is 2.24. The molecule has 2 rings (SSSR count). The Bertz CT molecular complexity index is 653. The van der Waals surface area contributed by atoms with Crippen LogP contribution in [0.1, 0.15) is 29.5 Å². The fourth-order valence-corrected chi connectivity index (χ4v) is 3.34. The second-order valence-corrected chi connectivity index (χ2v) is 6.68. The summed E-state index contributed by atoms with van der Waals surface area (Å²) in [6.07, 6.45) is 0.894. The zero-order chi connectivity index (χ0) is 17.4. The topological polar surface area (TPSA) is 45.7 Å². The molecule has 0 aliphatic rings. The van der Waals surface area contributed by atoms with Crippen LogP contribution in [0.15, 0.2) is 40.0 Å². The van der Waals surface area contributed by atoms with Gasteiger partial charge in [-0.2, -0.15) is 11.3 Å². The van der Waals surface area contributed by atoms with Crippen LogP contribution in [0, 0.1) is 6.92 Å². The monoisotopic (exact) mass is 345 g/mol. The molecule has 1 aromatic heterocycles. The summed E-state index contributed by atoms with van der Waals surface area (Å²) < 4.78 is 5.43. The normalized spacial score (nSPS) is 12.8. The van der Waals surface area contributed by atoms with Crippen LogP contribution in [0.25, 0.3) is 0 Å². The lowest BCUT2D eigenvalue weighted by atomic mass is 10.1. The number of guanidine groups is 1. The van der Waals surface area contributed by atoms with Gasteiger partial charge in [0, 0.05) is 20.1 Å². The third kappa shape index (κ3) is 5.27. The largest absolute Gasteiger partial charge is 0.496 e. The van der Waals surface area contributed by atoms with Gasteiger partial charge in [0.1, 0.15) is 5.75 Å². The van der Waals surface area contributed by atoms with Gasteiger partial charge in [-0.1, -0.05) is 24.6 Å². The van der Waals surface area contributed by atoms with E-state index in [0.717, 1.165) is 31.2 Å². The van der Waals surface area contributed by atoms with Crippen molar-refractivity contribution in [2.45, 2.75) is 26.2 Å². The predicted molar refractivity (Wildman–Crippen MR) is 104 cm³/mol. The Hall–Kier alpha value is -2.01. The first-order valence-electron chi connectivity index (χ1n) is 8.24. The highest BCUT2D eigenvalue weighted by molar-refractivity contribution is 7.07. The van der Waals surface area contributed by atoms with E-state index in [0.29, 0.717) is 5.92 Å². The molecule has 0 amide bonds. The van der Waals surface area contributed by atoms with Crippen LogP contribution in [0.3, 0.4) is 0 Å². The molecule has 24 heavy (non-hydrogen) atoms. The second-order valence-electron chi connectivity index (χ2n) is 5.90. The number of benzene rings is 1. The molecule has 0 spiro atoms. The van der Waals surface area contributed by atoms with Gasteiger partial charge in [-0.05, 0) is 53.3 Å². The molecule has 1 heterocycles. The van der Waals surface area contributed by atoms with Gasteiger partial charge in [-0.15, -0.1) is 0 Å². The maximum Gasteiger partial charge on any atom is 0.191 e. The number of methoxy groups -OCH3 is 1. The Morgan fingerprint density at radius 1 is 1.29 bits per heavy atom. The smallest absolute Gasteiger partial charge is 0.191 e. The number of nitrogens with zero attached hydrogens (tertiary/aromatic N) is 1. The van der Waals surface area contributed by atoms with Crippen molar-refractivity contribution in [3.05, 3.63) is 51.7 Å². The van der Waals surface area contributed by atoms with Gasteiger partial charge in [-0.3, -0.25) is 4.99 Å². The molecule has 0 aliphatic carbocycles. The van der Waals surface area contributed by atoms with Gasteiger partial charge in [-0.25, -0.2) is 0 Å².